The number of rotatable bonds is 2. The molecule has 0 aromatic heterocycles. The zero-order chi connectivity index (χ0) is 12.6. The van der Waals surface area contributed by atoms with Crippen molar-refractivity contribution in [2.24, 2.45) is 5.41 Å². The number of nitrogens with zero attached hydrogens (tertiary/aromatic N) is 1. The van der Waals surface area contributed by atoms with Crippen molar-refractivity contribution in [3.63, 3.8) is 0 Å². The molecule has 0 spiro atoms. The van der Waals surface area contributed by atoms with E-state index in [1.165, 1.54) is 12.0 Å². The van der Waals surface area contributed by atoms with Gasteiger partial charge in [-0.2, -0.15) is 0 Å². The highest BCUT2D eigenvalue weighted by molar-refractivity contribution is 5.30. The molecular formula is C15H21FN2. The zero-order valence-corrected chi connectivity index (χ0v) is 11.0. The van der Waals surface area contributed by atoms with E-state index in [0.29, 0.717) is 5.41 Å². The molecule has 2 aliphatic rings. The molecule has 2 heterocycles. The second-order valence-electron chi connectivity index (χ2n) is 6.08. The summed E-state index contributed by atoms with van der Waals surface area (Å²) in [6.07, 6.45) is 2.21. The quantitative estimate of drug-likeness (QED) is 0.863. The Hall–Kier alpha value is -0.930. The standard InChI is InChI=1S/C15H21FN2/c1-15(6-7-17-10-15)11-18-8-5-12-3-2-4-14(16)13(12)9-18/h2-4,17H,5-11H2,1H3. The Labute approximate surface area is 108 Å². The molecule has 1 aromatic carbocycles. The van der Waals surface area contributed by atoms with E-state index in [1.807, 2.05) is 6.07 Å². The molecule has 0 saturated carbocycles. The number of hydrogen-bond donors (Lipinski definition) is 1. The van der Waals surface area contributed by atoms with Gasteiger partial charge in [-0.1, -0.05) is 19.1 Å². The maximum Gasteiger partial charge on any atom is 0.127 e. The van der Waals surface area contributed by atoms with Gasteiger partial charge < -0.3 is 5.32 Å². The number of hydrogen-bond acceptors (Lipinski definition) is 2. The highest BCUT2D eigenvalue weighted by Gasteiger charge is 2.32. The van der Waals surface area contributed by atoms with E-state index in [2.05, 4.69) is 23.2 Å². The van der Waals surface area contributed by atoms with E-state index in [1.54, 1.807) is 6.07 Å². The molecule has 3 heteroatoms. The van der Waals surface area contributed by atoms with Gasteiger partial charge in [-0.15, -0.1) is 0 Å². The molecule has 0 amide bonds. The molecule has 3 rings (SSSR count). The van der Waals surface area contributed by atoms with E-state index in [4.69, 9.17) is 0 Å². The minimum absolute atomic E-state index is 0.0353. The highest BCUT2D eigenvalue weighted by Crippen LogP contribution is 2.29. The smallest absolute Gasteiger partial charge is 0.127 e. The van der Waals surface area contributed by atoms with Crippen LogP contribution in [0.4, 0.5) is 4.39 Å². The van der Waals surface area contributed by atoms with Gasteiger partial charge in [-0.25, -0.2) is 4.39 Å². The van der Waals surface area contributed by atoms with Crippen LogP contribution in [0.25, 0.3) is 0 Å². The molecule has 98 valence electrons. The highest BCUT2D eigenvalue weighted by atomic mass is 19.1. The molecule has 2 aliphatic heterocycles. The van der Waals surface area contributed by atoms with E-state index in [-0.39, 0.29) is 5.82 Å². The van der Waals surface area contributed by atoms with Crippen LogP contribution in [0.3, 0.4) is 0 Å². The van der Waals surface area contributed by atoms with Crippen molar-refractivity contribution in [2.45, 2.75) is 26.3 Å². The van der Waals surface area contributed by atoms with Gasteiger partial charge in [0, 0.05) is 31.7 Å². The second kappa shape index (κ2) is 4.63. The average molecular weight is 248 g/mol. The van der Waals surface area contributed by atoms with Gasteiger partial charge in [0.05, 0.1) is 0 Å². The van der Waals surface area contributed by atoms with Crippen molar-refractivity contribution in [3.05, 3.63) is 35.1 Å². The monoisotopic (exact) mass is 248 g/mol. The third-order valence-corrected chi connectivity index (χ3v) is 4.36. The average Bonchev–Trinajstić information content (AvgIpc) is 2.77. The summed E-state index contributed by atoms with van der Waals surface area (Å²) in [5.74, 6) is -0.0353. The van der Waals surface area contributed by atoms with Gasteiger partial charge in [-0.05, 0) is 36.4 Å². The Balaban J connectivity index is 1.73. The fourth-order valence-corrected chi connectivity index (χ4v) is 3.27. The lowest BCUT2D eigenvalue weighted by molar-refractivity contribution is 0.162. The number of halogens is 1. The van der Waals surface area contributed by atoms with Crippen LogP contribution in [0, 0.1) is 11.2 Å². The molecule has 18 heavy (non-hydrogen) atoms. The summed E-state index contributed by atoms with van der Waals surface area (Å²) in [5, 5.41) is 3.43. The first-order valence-corrected chi connectivity index (χ1v) is 6.86. The molecule has 1 atom stereocenters. The van der Waals surface area contributed by atoms with E-state index in [9.17, 15) is 4.39 Å². The summed E-state index contributed by atoms with van der Waals surface area (Å²) < 4.78 is 13.8. The lowest BCUT2D eigenvalue weighted by Crippen LogP contribution is -2.40. The molecule has 2 nitrogen and oxygen atoms in total. The predicted octanol–water partition coefficient (Wildman–Crippen LogP) is 2.18. The normalized spacial score (nSPS) is 28.3. The first-order chi connectivity index (χ1) is 8.66. The maximum absolute atomic E-state index is 13.8. The molecule has 1 fully saturated rings. The van der Waals surface area contributed by atoms with Crippen LogP contribution in [-0.2, 0) is 13.0 Å². The largest absolute Gasteiger partial charge is 0.316 e. The molecule has 0 aliphatic carbocycles. The van der Waals surface area contributed by atoms with Crippen LogP contribution in [0.15, 0.2) is 18.2 Å². The van der Waals surface area contributed by atoms with E-state index >= 15 is 0 Å². The Morgan fingerprint density at radius 1 is 1.44 bits per heavy atom. The van der Waals surface area contributed by atoms with Crippen molar-refractivity contribution >= 4 is 0 Å². The first-order valence-electron chi connectivity index (χ1n) is 6.86. The number of benzene rings is 1. The minimum Gasteiger partial charge on any atom is -0.316 e. The summed E-state index contributed by atoms with van der Waals surface area (Å²) in [4.78, 5) is 2.42. The summed E-state index contributed by atoms with van der Waals surface area (Å²) in [6.45, 7) is 7.46. The van der Waals surface area contributed by atoms with Crippen LogP contribution < -0.4 is 5.32 Å². The minimum atomic E-state index is -0.0353. The summed E-state index contributed by atoms with van der Waals surface area (Å²) in [7, 11) is 0. The molecule has 0 bridgehead atoms. The lowest BCUT2D eigenvalue weighted by Gasteiger charge is -2.35. The van der Waals surface area contributed by atoms with E-state index in [0.717, 1.165) is 44.7 Å². The van der Waals surface area contributed by atoms with Crippen molar-refractivity contribution in [3.8, 4) is 0 Å². The predicted molar refractivity (Wildman–Crippen MR) is 71.0 cm³/mol. The van der Waals surface area contributed by atoms with E-state index < -0.39 is 0 Å². The van der Waals surface area contributed by atoms with Gasteiger partial charge in [0.2, 0.25) is 0 Å². The van der Waals surface area contributed by atoms with Gasteiger partial charge in [-0.3, -0.25) is 4.90 Å². The van der Waals surface area contributed by atoms with Crippen LogP contribution in [-0.4, -0.2) is 31.1 Å². The SMILES string of the molecule is CC1(CN2CCc3cccc(F)c3C2)CCNC1. The molecule has 0 radical (unpaired) electrons. The fourth-order valence-electron chi connectivity index (χ4n) is 3.27. The summed E-state index contributed by atoms with van der Waals surface area (Å²) in [5.41, 5.74) is 2.47. The summed E-state index contributed by atoms with van der Waals surface area (Å²) >= 11 is 0. The third-order valence-electron chi connectivity index (χ3n) is 4.36. The topological polar surface area (TPSA) is 15.3 Å². The Morgan fingerprint density at radius 3 is 3.11 bits per heavy atom. The Kier molecular flexibility index (Phi) is 3.12. The van der Waals surface area contributed by atoms with Crippen LogP contribution >= 0.6 is 0 Å². The lowest BCUT2D eigenvalue weighted by atomic mass is 9.88. The van der Waals surface area contributed by atoms with Gasteiger partial charge in [0.15, 0.2) is 0 Å². The molecule has 1 aromatic rings. The van der Waals surface area contributed by atoms with Crippen molar-refractivity contribution in [1.29, 1.82) is 0 Å². The van der Waals surface area contributed by atoms with Crippen LogP contribution in [0.2, 0.25) is 0 Å². The third kappa shape index (κ3) is 2.29. The van der Waals surface area contributed by atoms with Crippen molar-refractivity contribution < 1.29 is 4.39 Å². The van der Waals surface area contributed by atoms with Crippen molar-refractivity contribution in [2.75, 3.05) is 26.2 Å². The van der Waals surface area contributed by atoms with Crippen LogP contribution in [0.5, 0.6) is 0 Å². The van der Waals surface area contributed by atoms with Crippen molar-refractivity contribution in [1.82, 2.24) is 10.2 Å². The zero-order valence-electron chi connectivity index (χ0n) is 11.0. The first kappa shape index (κ1) is 12.1. The maximum atomic E-state index is 13.8. The number of nitrogens with one attached hydrogen (secondary N) is 1. The molecule has 1 unspecified atom stereocenters. The van der Waals surface area contributed by atoms with Crippen LogP contribution in [0.1, 0.15) is 24.5 Å². The molecular weight excluding hydrogens is 227 g/mol. The number of fused-ring (bicyclic) bond motifs is 1. The van der Waals surface area contributed by atoms with Gasteiger partial charge >= 0.3 is 0 Å². The summed E-state index contributed by atoms with van der Waals surface area (Å²) in [6, 6.07) is 5.47. The molecule has 1 N–H and O–H groups in total. The van der Waals surface area contributed by atoms with Gasteiger partial charge in [0.1, 0.15) is 5.82 Å². The second-order valence-corrected chi connectivity index (χ2v) is 6.08. The fraction of sp³-hybridized carbons (Fsp3) is 0.600. The Morgan fingerprint density at radius 2 is 2.33 bits per heavy atom. The molecule has 1 saturated heterocycles. The Bertz CT molecular complexity index is 438. The van der Waals surface area contributed by atoms with Gasteiger partial charge in [0.25, 0.3) is 0 Å².